The second-order valence-electron chi connectivity index (χ2n) is 10.1. The maximum atomic E-state index is 12.0. The zero-order chi connectivity index (χ0) is 26.6. The van der Waals surface area contributed by atoms with Crippen molar-refractivity contribution >= 4 is 29.6 Å². The fraction of sp³-hybridized carbons (Fsp3) is 0.885. The summed E-state index contributed by atoms with van der Waals surface area (Å²) in [5, 5.41) is 19.2. The lowest BCUT2D eigenvalue weighted by Gasteiger charge is -2.16. The minimum atomic E-state index is -0.0477. The third-order valence-corrected chi connectivity index (χ3v) is 8.36. The number of thioether (sulfide) groups is 1. The van der Waals surface area contributed by atoms with Gasteiger partial charge >= 0.3 is 6.03 Å². The van der Waals surface area contributed by atoms with Crippen LogP contribution in [0.2, 0.25) is 0 Å². The lowest BCUT2D eigenvalue weighted by Crippen LogP contribution is -2.36. The summed E-state index contributed by atoms with van der Waals surface area (Å²) in [5.41, 5.74) is 5.46. The Hall–Kier alpha value is -1.56. The highest BCUT2D eigenvalue weighted by Crippen LogP contribution is 2.33. The van der Waals surface area contributed by atoms with Crippen LogP contribution >= 0.6 is 11.8 Å². The first-order valence-corrected chi connectivity index (χ1v) is 15.5. The molecule has 0 aromatic carbocycles. The third-order valence-electron chi connectivity index (χ3n) is 6.85. The van der Waals surface area contributed by atoms with E-state index in [-0.39, 0.29) is 29.9 Å². The molecule has 2 heterocycles. The van der Waals surface area contributed by atoms with Crippen LogP contribution in [0.25, 0.3) is 0 Å². The van der Waals surface area contributed by atoms with Crippen LogP contribution in [-0.4, -0.2) is 86.7 Å². The number of hydrogen-bond donors (Lipinski definition) is 7. The van der Waals surface area contributed by atoms with Crippen molar-refractivity contribution in [1.29, 1.82) is 0 Å². The first-order chi connectivity index (χ1) is 18.1. The Morgan fingerprint density at radius 2 is 1.35 bits per heavy atom. The van der Waals surface area contributed by atoms with E-state index in [1.54, 1.807) is 0 Å². The molecule has 3 atom stereocenters. The molecule has 2 aliphatic rings. The van der Waals surface area contributed by atoms with E-state index in [0.29, 0.717) is 31.2 Å². The quantitative estimate of drug-likeness (QED) is 0.0759. The molecule has 0 saturated carbocycles. The van der Waals surface area contributed by atoms with Gasteiger partial charge in [-0.15, -0.1) is 0 Å². The summed E-state index contributed by atoms with van der Waals surface area (Å²) in [6.07, 6.45) is 11.0. The smallest absolute Gasteiger partial charge is 0.315 e. The van der Waals surface area contributed by atoms with Gasteiger partial charge in [-0.2, -0.15) is 11.8 Å². The van der Waals surface area contributed by atoms with E-state index in [9.17, 15) is 14.4 Å². The van der Waals surface area contributed by atoms with Crippen LogP contribution in [0.5, 0.6) is 0 Å². The van der Waals surface area contributed by atoms with Crippen molar-refractivity contribution in [3.63, 3.8) is 0 Å². The predicted molar refractivity (Wildman–Crippen MR) is 152 cm³/mol. The molecule has 0 aromatic heterocycles. The molecule has 2 rings (SSSR count). The van der Waals surface area contributed by atoms with Crippen LogP contribution in [-0.2, 0) is 9.59 Å². The Balaban J connectivity index is 1.29. The van der Waals surface area contributed by atoms with Gasteiger partial charge in [0.05, 0.1) is 12.1 Å². The standard InChI is InChI=1S/C26H51N7O3S/c27-13-8-16-28-14-6-7-15-29-17-9-19-31-23(34)11-2-1-5-18-30-24(35)12-4-3-10-22-25-21(20-37-22)32-26(36)33-25/h21-22,25,28-29H,1-20,27H2,(H,30,35)(H,31,34)(H2,32,33,36)/t21-,22-,25-/m0/s1. The highest BCUT2D eigenvalue weighted by molar-refractivity contribution is 8.00. The Bertz CT molecular complexity index is 656. The Kier molecular flexibility index (Phi) is 17.5. The summed E-state index contributed by atoms with van der Waals surface area (Å²) in [5.74, 6) is 1.20. The number of unbranched alkanes of at least 4 members (excludes halogenated alkanes) is 4. The zero-order valence-corrected chi connectivity index (χ0v) is 23.4. The number of carbonyl (C=O) groups is 3. The zero-order valence-electron chi connectivity index (χ0n) is 22.6. The molecule has 4 amide bonds. The van der Waals surface area contributed by atoms with Gasteiger partial charge in [-0.3, -0.25) is 9.59 Å². The number of carbonyl (C=O) groups excluding carboxylic acids is 3. The molecule has 0 unspecified atom stereocenters. The highest BCUT2D eigenvalue weighted by Gasteiger charge is 2.42. The van der Waals surface area contributed by atoms with Gasteiger partial charge in [-0.1, -0.05) is 12.8 Å². The molecule has 2 fully saturated rings. The highest BCUT2D eigenvalue weighted by atomic mass is 32.2. The van der Waals surface area contributed by atoms with Crippen molar-refractivity contribution in [2.24, 2.45) is 5.73 Å². The van der Waals surface area contributed by atoms with Gasteiger partial charge in [-0.25, -0.2) is 4.79 Å². The summed E-state index contributed by atoms with van der Waals surface area (Å²) in [4.78, 5) is 35.4. The molecule has 11 heteroatoms. The Labute approximate surface area is 227 Å². The summed E-state index contributed by atoms with van der Waals surface area (Å²) in [6, 6.07) is 0.456. The minimum Gasteiger partial charge on any atom is -0.356 e. The van der Waals surface area contributed by atoms with E-state index < -0.39 is 0 Å². The fourth-order valence-electron chi connectivity index (χ4n) is 4.68. The number of rotatable bonds is 23. The average molecular weight is 542 g/mol. The molecule has 37 heavy (non-hydrogen) atoms. The molecule has 2 aliphatic heterocycles. The van der Waals surface area contributed by atoms with Crippen molar-refractivity contribution in [3.8, 4) is 0 Å². The molecule has 0 bridgehead atoms. The molecule has 0 aromatic rings. The van der Waals surface area contributed by atoms with E-state index in [1.807, 2.05) is 11.8 Å². The van der Waals surface area contributed by atoms with Crippen LogP contribution in [0, 0.1) is 0 Å². The molecule has 10 nitrogen and oxygen atoms in total. The first kappa shape index (κ1) is 31.7. The van der Waals surface area contributed by atoms with Crippen molar-refractivity contribution < 1.29 is 14.4 Å². The van der Waals surface area contributed by atoms with Crippen LogP contribution in [0.3, 0.4) is 0 Å². The molecule has 8 N–H and O–H groups in total. The second kappa shape index (κ2) is 20.4. The van der Waals surface area contributed by atoms with Crippen LogP contribution in [0.15, 0.2) is 0 Å². The van der Waals surface area contributed by atoms with Crippen molar-refractivity contribution in [2.75, 3.05) is 51.6 Å². The Morgan fingerprint density at radius 3 is 2.05 bits per heavy atom. The maximum absolute atomic E-state index is 12.0. The van der Waals surface area contributed by atoms with E-state index in [1.165, 1.54) is 6.42 Å². The SMILES string of the molecule is NCCCNCCCCNCCCNC(=O)CCCCCNC(=O)CCCC[C@@H]1SC[C@@H]2NC(=O)N[C@@H]21. The van der Waals surface area contributed by atoms with E-state index in [0.717, 1.165) is 96.3 Å². The second-order valence-corrected chi connectivity index (χ2v) is 11.4. The summed E-state index contributed by atoms with van der Waals surface area (Å²) >= 11 is 1.92. The molecular formula is C26H51N7O3S. The lowest BCUT2D eigenvalue weighted by atomic mass is 10.0. The van der Waals surface area contributed by atoms with Crippen molar-refractivity contribution in [1.82, 2.24) is 31.9 Å². The molecule has 0 spiro atoms. The lowest BCUT2D eigenvalue weighted by molar-refractivity contribution is -0.122. The van der Waals surface area contributed by atoms with Gasteiger partial charge in [0.2, 0.25) is 11.8 Å². The average Bonchev–Trinajstić information content (AvgIpc) is 3.43. The van der Waals surface area contributed by atoms with Gasteiger partial charge in [0.1, 0.15) is 0 Å². The van der Waals surface area contributed by atoms with Crippen LogP contribution in [0.1, 0.15) is 77.0 Å². The summed E-state index contributed by atoms with van der Waals surface area (Å²) < 4.78 is 0. The number of hydrogen-bond acceptors (Lipinski definition) is 7. The molecular weight excluding hydrogens is 490 g/mol. The minimum absolute atomic E-state index is 0.0477. The molecule has 0 radical (unpaired) electrons. The van der Waals surface area contributed by atoms with Crippen molar-refractivity contribution in [2.45, 2.75) is 94.4 Å². The summed E-state index contributed by atoms with van der Waals surface area (Å²) in [7, 11) is 0. The largest absolute Gasteiger partial charge is 0.356 e. The third kappa shape index (κ3) is 14.8. The number of fused-ring (bicyclic) bond motifs is 1. The number of amides is 4. The molecule has 214 valence electrons. The Morgan fingerprint density at radius 1 is 0.757 bits per heavy atom. The molecule has 0 aliphatic carbocycles. The van der Waals surface area contributed by atoms with Crippen LogP contribution in [0.4, 0.5) is 4.79 Å². The van der Waals surface area contributed by atoms with Crippen LogP contribution < -0.4 is 37.6 Å². The monoisotopic (exact) mass is 541 g/mol. The van der Waals surface area contributed by atoms with E-state index in [2.05, 4.69) is 31.9 Å². The maximum Gasteiger partial charge on any atom is 0.315 e. The van der Waals surface area contributed by atoms with Gasteiger partial charge in [0, 0.05) is 36.9 Å². The number of nitrogens with two attached hydrogens (primary N) is 1. The van der Waals surface area contributed by atoms with E-state index in [4.69, 9.17) is 5.73 Å². The first-order valence-electron chi connectivity index (χ1n) is 14.4. The molecule has 2 saturated heterocycles. The van der Waals surface area contributed by atoms with Gasteiger partial charge in [0.15, 0.2) is 0 Å². The van der Waals surface area contributed by atoms with Gasteiger partial charge < -0.3 is 37.6 Å². The normalized spacial score (nSPS) is 20.4. The topological polar surface area (TPSA) is 149 Å². The summed E-state index contributed by atoms with van der Waals surface area (Å²) in [6.45, 7) is 6.14. The van der Waals surface area contributed by atoms with Crippen molar-refractivity contribution in [3.05, 3.63) is 0 Å². The fourth-order valence-corrected chi connectivity index (χ4v) is 6.23. The predicted octanol–water partition coefficient (Wildman–Crippen LogP) is 1.20. The van der Waals surface area contributed by atoms with E-state index >= 15 is 0 Å². The number of urea groups is 1. The van der Waals surface area contributed by atoms with Gasteiger partial charge in [0.25, 0.3) is 0 Å². The number of nitrogens with one attached hydrogen (secondary N) is 6. The van der Waals surface area contributed by atoms with Gasteiger partial charge in [-0.05, 0) is 84.1 Å².